The third-order valence-corrected chi connectivity index (χ3v) is 4.37. The number of carbonyl (C=O) groups excluding carboxylic acids is 1. The summed E-state index contributed by atoms with van der Waals surface area (Å²) in [4.78, 5) is 12.5. The van der Waals surface area contributed by atoms with Gasteiger partial charge in [-0.05, 0) is 46.3 Å². The molecule has 0 aromatic heterocycles. The van der Waals surface area contributed by atoms with E-state index in [1.54, 1.807) is 18.2 Å². The lowest BCUT2D eigenvalue weighted by Gasteiger charge is -2.08. The summed E-state index contributed by atoms with van der Waals surface area (Å²) in [6.45, 7) is 0. The van der Waals surface area contributed by atoms with E-state index in [9.17, 15) is 4.79 Å². The van der Waals surface area contributed by atoms with Gasteiger partial charge in [-0.3, -0.25) is 4.79 Å². The maximum Gasteiger partial charge on any atom is 0.197 e. The first-order valence-electron chi connectivity index (χ1n) is 5.04. The Morgan fingerprint density at radius 3 is 2.05 bits per heavy atom. The molecule has 0 saturated heterocycles. The number of rotatable bonds is 2. The highest BCUT2D eigenvalue weighted by Gasteiger charge is 2.19. The first-order valence-corrected chi connectivity index (χ1v) is 7.76. The van der Waals surface area contributed by atoms with Gasteiger partial charge in [-0.15, -0.1) is 0 Å². The second-order valence-corrected chi connectivity index (χ2v) is 6.72. The van der Waals surface area contributed by atoms with Crippen molar-refractivity contribution in [3.05, 3.63) is 65.5 Å². The monoisotopic (exact) mass is 440 g/mol. The van der Waals surface area contributed by atoms with Gasteiger partial charge in [0.2, 0.25) is 0 Å². The van der Waals surface area contributed by atoms with Crippen molar-refractivity contribution in [1.82, 2.24) is 0 Å². The summed E-state index contributed by atoms with van der Waals surface area (Å²) in [6, 6.07) is 8.24. The predicted octanol–water partition coefficient (Wildman–Crippen LogP) is 6.40. The van der Waals surface area contributed by atoms with E-state index in [-0.39, 0.29) is 21.4 Å². The van der Waals surface area contributed by atoms with Crippen molar-refractivity contribution in [3.63, 3.8) is 0 Å². The number of carbonyl (C=O) groups is 1. The van der Waals surface area contributed by atoms with Crippen molar-refractivity contribution in [2.45, 2.75) is 0 Å². The number of halogens is 5. The van der Waals surface area contributed by atoms with Crippen LogP contribution in [0.3, 0.4) is 0 Å². The molecule has 0 saturated carbocycles. The number of hydrogen-bond donors (Lipinski definition) is 0. The van der Waals surface area contributed by atoms with Crippen molar-refractivity contribution in [3.8, 4) is 0 Å². The van der Waals surface area contributed by atoms with Crippen LogP contribution in [-0.4, -0.2) is 5.78 Å². The highest BCUT2D eigenvalue weighted by Crippen LogP contribution is 2.33. The summed E-state index contributed by atoms with van der Waals surface area (Å²) in [5.74, 6) is -0.258. The van der Waals surface area contributed by atoms with Gasteiger partial charge in [0.05, 0.1) is 15.6 Å². The SMILES string of the molecule is O=C(c1ccc(Br)cc1Br)c1c(Cl)cc(Cl)cc1Cl. The predicted molar refractivity (Wildman–Crippen MR) is 86.7 cm³/mol. The second-order valence-electron chi connectivity index (χ2n) is 3.70. The molecule has 98 valence electrons. The fourth-order valence-electron chi connectivity index (χ4n) is 1.57. The van der Waals surface area contributed by atoms with Gasteiger partial charge in [0, 0.05) is 19.5 Å². The summed E-state index contributed by atoms with van der Waals surface area (Å²) >= 11 is 24.6. The third kappa shape index (κ3) is 3.34. The van der Waals surface area contributed by atoms with E-state index in [0.717, 1.165) is 4.47 Å². The highest BCUT2D eigenvalue weighted by atomic mass is 79.9. The van der Waals surface area contributed by atoms with E-state index < -0.39 is 0 Å². The van der Waals surface area contributed by atoms with E-state index in [0.29, 0.717) is 15.1 Å². The molecule has 0 aliphatic carbocycles. The Morgan fingerprint density at radius 2 is 1.53 bits per heavy atom. The first-order chi connectivity index (χ1) is 8.90. The molecule has 1 nitrogen and oxygen atoms in total. The quantitative estimate of drug-likeness (QED) is 0.491. The summed E-state index contributed by atoms with van der Waals surface area (Å²) in [6.07, 6.45) is 0. The Morgan fingerprint density at radius 1 is 0.947 bits per heavy atom. The fraction of sp³-hybridized carbons (Fsp3) is 0. The van der Waals surface area contributed by atoms with E-state index in [1.165, 1.54) is 12.1 Å². The summed E-state index contributed by atoms with van der Waals surface area (Å²) in [7, 11) is 0. The topological polar surface area (TPSA) is 17.1 Å². The molecule has 0 spiro atoms. The summed E-state index contributed by atoms with van der Waals surface area (Å²) in [5, 5.41) is 0.857. The molecule has 2 aromatic carbocycles. The van der Waals surface area contributed by atoms with Crippen LogP contribution in [0, 0.1) is 0 Å². The van der Waals surface area contributed by atoms with Crippen LogP contribution in [0.1, 0.15) is 15.9 Å². The molecule has 0 unspecified atom stereocenters. The zero-order valence-electron chi connectivity index (χ0n) is 9.18. The maximum absolute atomic E-state index is 12.5. The molecule has 6 heteroatoms. The Hall–Kier alpha value is -0.0600. The van der Waals surface area contributed by atoms with Crippen LogP contribution >= 0.6 is 66.7 Å². The number of hydrogen-bond acceptors (Lipinski definition) is 1. The average molecular weight is 443 g/mol. The Bertz CT molecular complexity index is 648. The molecule has 0 aliphatic rings. The molecule has 0 amide bonds. The van der Waals surface area contributed by atoms with Crippen molar-refractivity contribution >= 4 is 72.4 Å². The van der Waals surface area contributed by atoms with Gasteiger partial charge in [-0.25, -0.2) is 0 Å². The minimum atomic E-state index is -0.258. The van der Waals surface area contributed by atoms with Gasteiger partial charge in [0.15, 0.2) is 5.78 Å². The molecule has 0 bridgehead atoms. The second kappa shape index (κ2) is 6.15. The van der Waals surface area contributed by atoms with Crippen LogP contribution in [0.5, 0.6) is 0 Å². The smallest absolute Gasteiger partial charge is 0.197 e. The van der Waals surface area contributed by atoms with E-state index in [4.69, 9.17) is 34.8 Å². The zero-order chi connectivity index (χ0) is 14.2. The maximum atomic E-state index is 12.5. The van der Waals surface area contributed by atoms with Crippen molar-refractivity contribution in [2.24, 2.45) is 0 Å². The summed E-state index contributed by atoms with van der Waals surface area (Å²) < 4.78 is 1.53. The Kier molecular flexibility index (Phi) is 4.96. The van der Waals surface area contributed by atoms with Gasteiger partial charge >= 0.3 is 0 Å². The normalized spacial score (nSPS) is 10.6. The Balaban J connectivity index is 2.56. The average Bonchev–Trinajstić information content (AvgIpc) is 2.26. The minimum Gasteiger partial charge on any atom is -0.288 e. The van der Waals surface area contributed by atoms with Crippen molar-refractivity contribution in [1.29, 1.82) is 0 Å². The molecule has 0 aliphatic heterocycles. The lowest BCUT2D eigenvalue weighted by atomic mass is 10.0. The van der Waals surface area contributed by atoms with Gasteiger partial charge in [0.25, 0.3) is 0 Å². The fourth-order valence-corrected chi connectivity index (χ4v) is 3.78. The van der Waals surface area contributed by atoms with Crippen molar-refractivity contribution < 1.29 is 4.79 Å². The molecular weight excluding hydrogens is 438 g/mol. The highest BCUT2D eigenvalue weighted by molar-refractivity contribution is 9.11. The number of benzene rings is 2. The van der Waals surface area contributed by atoms with E-state index in [2.05, 4.69) is 31.9 Å². The molecule has 0 heterocycles. The standard InChI is InChI=1S/C13H5Br2Cl3O/c14-6-1-2-8(9(15)3-6)13(19)12-10(17)4-7(16)5-11(12)18/h1-5H. The molecule has 0 radical (unpaired) electrons. The molecule has 0 N–H and O–H groups in total. The van der Waals surface area contributed by atoms with Gasteiger partial charge in [-0.2, -0.15) is 0 Å². The van der Waals surface area contributed by atoms with E-state index >= 15 is 0 Å². The molecular formula is C13H5Br2Cl3O. The van der Waals surface area contributed by atoms with Crippen LogP contribution in [0.4, 0.5) is 0 Å². The van der Waals surface area contributed by atoms with Crippen LogP contribution < -0.4 is 0 Å². The minimum absolute atomic E-state index is 0.234. The summed E-state index contributed by atoms with van der Waals surface area (Å²) in [5.41, 5.74) is 0.727. The van der Waals surface area contributed by atoms with Crippen molar-refractivity contribution in [2.75, 3.05) is 0 Å². The zero-order valence-corrected chi connectivity index (χ0v) is 14.6. The lowest BCUT2D eigenvalue weighted by Crippen LogP contribution is -2.04. The van der Waals surface area contributed by atoms with Gasteiger partial charge in [0.1, 0.15) is 0 Å². The molecule has 19 heavy (non-hydrogen) atoms. The molecule has 2 rings (SSSR count). The van der Waals surface area contributed by atoms with E-state index in [1.807, 2.05) is 0 Å². The third-order valence-electron chi connectivity index (χ3n) is 2.41. The molecule has 0 atom stereocenters. The molecule has 2 aromatic rings. The lowest BCUT2D eigenvalue weighted by molar-refractivity contribution is 0.103. The van der Waals surface area contributed by atoms with Crippen LogP contribution in [-0.2, 0) is 0 Å². The van der Waals surface area contributed by atoms with Crippen LogP contribution in [0.15, 0.2) is 39.3 Å². The largest absolute Gasteiger partial charge is 0.288 e. The number of ketones is 1. The molecule has 0 fully saturated rings. The Labute approximate surface area is 142 Å². The van der Waals surface area contributed by atoms with Gasteiger partial charge in [-0.1, -0.05) is 50.7 Å². The van der Waals surface area contributed by atoms with Gasteiger partial charge < -0.3 is 0 Å². The first kappa shape index (κ1) is 15.3. The van der Waals surface area contributed by atoms with Crippen LogP contribution in [0.25, 0.3) is 0 Å². The van der Waals surface area contributed by atoms with Crippen LogP contribution in [0.2, 0.25) is 15.1 Å².